The van der Waals surface area contributed by atoms with Crippen LogP contribution in [0.25, 0.3) is 0 Å². The first kappa shape index (κ1) is 17.0. The summed E-state index contributed by atoms with van der Waals surface area (Å²) >= 11 is 3.31. The lowest BCUT2D eigenvalue weighted by Gasteiger charge is -2.05. The van der Waals surface area contributed by atoms with Crippen molar-refractivity contribution in [2.24, 2.45) is 0 Å². The number of rotatable bonds is 6. The highest BCUT2D eigenvalue weighted by molar-refractivity contribution is 9.10. The molecule has 0 aliphatic heterocycles. The van der Waals surface area contributed by atoms with E-state index in [2.05, 4.69) is 21.2 Å². The molecule has 0 unspecified atom stereocenters. The molecule has 0 atom stereocenters. The Bertz CT molecular complexity index is 706. The fraction of sp³-hybridized carbons (Fsp3) is 0.111. The zero-order chi connectivity index (χ0) is 16.7. The van der Waals surface area contributed by atoms with E-state index >= 15 is 0 Å². The summed E-state index contributed by atoms with van der Waals surface area (Å²) in [5.74, 6) is 0.158. The Labute approximate surface area is 143 Å². The Hall–Kier alpha value is -2.40. The fourth-order valence-corrected chi connectivity index (χ4v) is 2.11. The average molecular weight is 374 g/mol. The largest absolute Gasteiger partial charge is 0.494 e. The zero-order valence-corrected chi connectivity index (χ0v) is 14.2. The van der Waals surface area contributed by atoms with E-state index < -0.39 is 0 Å². The number of carbonyl (C=O) groups is 2. The van der Waals surface area contributed by atoms with Crippen LogP contribution in [0.3, 0.4) is 0 Å². The highest BCUT2D eigenvalue weighted by Crippen LogP contribution is 2.15. The maximum absolute atomic E-state index is 11.9. The van der Waals surface area contributed by atoms with E-state index in [1.165, 1.54) is 12.2 Å². The van der Waals surface area contributed by atoms with E-state index in [-0.39, 0.29) is 11.7 Å². The Morgan fingerprint density at radius 3 is 2.30 bits per heavy atom. The lowest BCUT2D eigenvalue weighted by atomic mass is 10.1. The monoisotopic (exact) mass is 373 g/mol. The van der Waals surface area contributed by atoms with Crippen molar-refractivity contribution in [3.63, 3.8) is 0 Å². The zero-order valence-electron chi connectivity index (χ0n) is 12.6. The molecule has 0 saturated heterocycles. The van der Waals surface area contributed by atoms with Crippen LogP contribution in [0.15, 0.2) is 65.2 Å². The van der Waals surface area contributed by atoms with Gasteiger partial charge in [-0.1, -0.05) is 15.9 Å². The maximum Gasteiger partial charge on any atom is 0.248 e. The molecule has 0 aliphatic carbocycles. The van der Waals surface area contributed by atoms with Crippen LogP contribution in [0.4, 0.5) is 5.69 Å². The lowest BCUT2D eigenvalue weighted by molar-refractivity contribution is -0.111. The molecule has 23 heavy (non-hydrogen) atoms. The van der Waals surface area contributed by atoms with Crippen LogP contribution in [-0.4, -0.2) is 18.3 Å². The van der Waals surface area contributed by atoms with Gasteiger partial charge in [0.05, 0.1) is 6.61 Å². The van der Waals surface area contributed by atoms with Crippen molar-refractivity contribution in [2.75, 3.05) is 11.9 Å². The lowest BCUT2D eigenvalue weighted by Crippen LogP contribution is -2.08. The Balaban J connectivity index is 1.93. The van der Waals surface area contributed by atoms with E-state index in [1.807, 2.05) is 6.92 Å². The molecule has 0 heterocycles. The number of hydrogen-bond acceptors (Lipinski definition) is 3. The van der Waals surface area contributed by atoms with Gasteiger partial charge in [0.1, 0.15) is 5.75 Å². The van der Waals surface area contributed by atoms with Crippen LogP contribution in [0, 0.1) is 0 Å². The molecule has 2 rings (SSSR count). The number of hydrogen-bond donors (Lipinski definition) is 1. The first-order valence-corrected chi connectivity index (χ1v) is 7.89. The molecule has 2 aromatic rings. The third-order valence-corrected chi connectivity index (χ3v) is 3.48. The van der Waals surface area contributed by atoms with Gasteiger partial charge >= 0.3 is 0 Å². The Kier molecular flexibility index (Phi) is 6.11. The molecule has 1 amide bonds. The molecule has 0 aliphatic rings. The predicted molar refractivity (Wildman–Crippen MR) is 93.9 cm³/mol. The molecule has 0 saturated carbocycles. The van der Waals surface area contributed by atoms with Gasteiger partial charge in [-0.2, -0.15) is 0 Å². The molecular formula is C18H16BrNO3. The first-order valence-electron chi connectivity index (χ1n) is 7.10. The quantitative estimate of drug-likeness (QED) is 0.608. The van der Waals surface area contributed by atoms with Crippen LogP contribution < -0.4 is 10.1 Å². The summed E-state index contributed by atoms with van der Waals surface area (Å²) in [6, 6.07) is 14.0. The van der Waals surface area contributed by atoms with Crippen molar-refractivity contribution in [1.82, 2.24) is 0 Å². The van der Waals surface area contributed by atoms with Crippen molar-refractivity contribution in [3.05, 3.63) is 70.7 Å². The number of benzene rings is 2. The van der Waals surface area contributed by atoms with Gasteiger partial charge in [-0.05, 0) is 61.5 Å². The van der Waals surface area contributed by atoms with Crippen molar-refractivity contribution in [1.29, 1.82) is 0 Å². The third kappa shape index (κ3) is 5.38. The number of anilines is 1. The Morgan fingerprint density at radius 2 is 1.70 bits per heavy atom. The van der Waals surface area contributed by atoms with Gasteiger partial charge in [0, 0.05) is 21.8 Å². The van der Waals surface area contributed by atoms with Crippen molar-refractivity contribution >= 4 is 33.3 Å². The van der Waals surface area contributed by atoms with Gasteiger partial charge < -0.3 is 10.1 Å². The second-order valence-corrected chi connectivity index (χ2v) is 5.57. The molecule has 0 aromatic heterocycles. The second kappa shape index (κ2) is 8.29. The molecule has 4 nitrogen and oxygen atoms in total. The van der Waals surface area contributed by atoms with E-state index in [9.17, 15) is 9.59 Å². The van der Waals surface area contributed by atoms with E-state index in [0.29, 0.717) is 17.9 Å². The molecule has 2 aromatic carbocycles. The number of allylic oxidation sites excluding steroid dienone is 1. The second-order valence-electron chi connectivity index (χ2n) is 4.65. The van der Waals surface area contributed by atoms with Crippen molar-refractivity contribution in [3.8, 4) is 5.75 Å². The summed E-state index contributed by atoms with van der Waals surface area (Å²) in [7, 11) is 0. The summed E-state index contributed by atoms with van der Waals surface area (Å²) in [5, 5.41) is 2.69. The average Bonchev–Trinajstić information content (AvgIpc) is 2.55. The molecule has 0 fully saturated rings. The summed E-state index contributed by atoms with van der Waals surface area (Å²) in [6.07, 6.45) is 2.48. The smallest absolute Gasteiger partial charge is 0.248 e. The van der Waals surface area contributed by atoms with Crippen LogP contribution in [0.2, 0.25) is 0 Å². The van der Waals surface area contributed by atoms with Gasteiger partial charge in [-0.3, -0.25) is 9.59 Å². The third-order valence-electron chi connectivity index (χ3n) is 2.95. The van der Waals surface area contributed by atoms with Gasteiger partial charge in [-0.15, -0.1) is 0 Å². The highest BCUT2D eigenvalue weighted by atomic mass is 79.9. The number of ketones is 1. The summed E-state index contributed by atoms with van der Waals surface area (Å²) in [6.45, 7) is 2.50. The minimum Gasteiger partial charge on any atom is -0.494 e. The van der Waals surface area contributed by atoms with Gasteiger partial charge in [0.2, 0.25) is 5.91 Å². The minimum absolute atomic E-state index is 0.223. The number of halogens is 1. The normalized spacial score (nSPS) is 10.5. The number of ether oxygens (including phenoxy) is 1. The topological polar surface area (TPSA) is 55.4 Å². The van der Waals surface area contributed by atoms with Crippen molar-refractivity contribution in [2.45, 2.75) is 6.92 Å². The molecule has 0 radical (unpaired) electrons. The van der Waals surface area contributed by atoms with Gasteiger partial charge in [-0.25, -0.2) is 0 Å². The molecule has 0 bridgehead atoms. The van der Waals surface area contributed by atoms with Gasteiger partial charge in [0.15, 0.2) is 5.78 Å². The van der Waals surface area contributed by atoms with Crippen LogP contribution >= 0.6 is 15.9 Å². The first-order chi connectivity index (χ1) is 11.1. The number of carbonyl (C=O) groups excluding carboxylic acids is 2. The molecule has 5 heteroatoms. The number of amides is 1. The fourth-order valence-electron chi connectivity index (χ4n) is 1.85. The van der Waals surface area contributed by atoms with E-state index in [0.717, 1.165) is 10.2 Å². The van der Waals surface area contributed by atoms with Gasteiger partial charge in [0.25, 0.3) is 0 Å². The molecular weight excluding hydrogens is 358 g/mol. The standard InChI is InChI=1S/C18H16BrNO3/c1-2-23-16-9-7-15(8-10-16)20-18(22)12-11-17(21)13-3-5-14(19)6-4-13/h3-12H,2H2,1H3,(H,20,22)/b12-11+. The minimum atomic E-state index is -0.361. The summed E-state index contributed by atoms with van der Waals surface area (Å²) < 4.78 is 6.22. The van der Waals surface area contributed by atoms with Crippen molar-refractivity contribution < 1.29 is 14.3 Å². The predicted octanol–water partition coefficient (Wildman–Crippen LogP) is 4.23. The van der Waals surface area contributed by atoms with Crippen LogP contribution in [0.5, 0.6) is 5.75 Å². The van der Waals surface area contributed by atoms with E-state index in [1.54, 1.807) is 48.5 Å². The maximum atomic E-state index is 11.9. The molecule has 0 spiro atoms. The molecule has 118 valence electrons. The van der Waals surface area contributed by atoms with Crippen LogP contribution in [0.1, 0.15) is 17.3 Å². The Morgan fingerprint density at radius 1 is 1.04 bits per heavy atom. The van der Waals surface area contributed by atoms with E-state index in [4.69, 9.17) is 4.74 Å². The number of nitrogens with one attached hydrogen (secondary N) is 1. The summed E-state index contributed by atoms with van der Waals surface area (Å²) in [4.78, 5) is 23.8. The van der Waals surface area contributed by atoms with Crippen LogP contribution in [-0.2, 0) is 4.79 Å². The SMILES string of the molecule is CCOc1ccc(NC(=O)/C=C/C(=O)c2ccc(Br)cc2)cc1. The summed E-state index contributed by atoms with van der Waals surface area (Å²) in [5.41, 5.74) is 1.16. The molecule has 1 N–H and O–H groups in total. The highest BCUT2D eigenvalue weighted by Gasteiger charge is 2.03.